The molecular weight excluding hydrogens is 350 g/mol. The van der Waals surface area contributed by atoms with Crippen LogP contribution < -0.4 is 5.32 Å². The molecule has 0 fully saturated rings. The van der Waals surface area contributed by atoms with Crippen LogP contribution in [-0.2, 0) is 0 Å². The van der Waals surface area contributed by atoms with Crippen molar-refractivity contribution in [3.63, 3.8) is 0 Å². The summed E-state index contributed by atoms with van der Waals surface area (Å²) in [5.41, 5.74) is 3.12. The number of fused-ring (bicyclic) bond motifs is 1. The van der Waals surface area contributed by atoms with E-state index in [9.17, 15) is 0 Å². The van der Waals surface area contributed by atoms with Gasteiger partial charge in [0.05, 0.1) is 11.1 Å². The van der Waals surface area contributed by atoms with Crippen molar-refractivity contribution in [3.05, 3.63) is 68.8 Å². The summed E-state index contributed by atoms with van der Waals surface area (Å²) in [4.78, 5) is 0. The van der Waals surface area contributed by atoms with Crippen LogP contribution in [0.1, 0.15) is 22.9 Å². The third-order valence-corrected chi connectivity index (χ3v) is 4.87. The van der Waals surface area contributed by atoms with E-state index < -0.39 is 0 Å². The van der Waals surface area contributed by atoms with Crippen molar-refractivity contribution >= 4 is 38.5 Å². The van der Waals surface area contributed by atoms with Crippen LogP contribution >= 0.6 is 27.5 Å². The lowest BCUT2D eigenvalue weighted by atomic mass is 9.99. The first-order valence-electron chi connectivity index (χ1n) is 6.72. The Morgan fingerprint density at radius 1 is 1.19 bits per heavy atom. The largest absolute Gasteiger partial charge is 0.457 e. The van der Waals surface area contributed by atoms with Crippen molar-refractivity contribution in [1.82, 2.24) is 5.32 Å². The van der Waals surface area contributed by atoms with Crippen LogP contribution in [0.25, 0.3) is 11.0 Å². The topological polar surface area (TPSA) is 25.2 Å². The summed E-state index contributed by atoms with van der Waals surface area (Å²) < 4.78 is 7.08. The molecule has 0 spiro atoms. The molecule has 2 aromatic carbocycles. The molecule has 4 heteroatoms. The van der Waals surface area contributed by atoms with Crippen LogP contribution in [-0.4, -0.2) is 7.05 Å². The summed E-state index contributed by atoms with van der Waals surface area (Å²) in [5, 5.41) is 4.98. The molecule has 1 N–H and O–H groups in total. The first-order chi connectivity index (χ1) is 10.1. The summed E-state index contributed by atoms with van der Waals surface area (Å²) in [7, 11) is 1.93. The van der Waals surface area contributed by atoms with E-state index in [1.807, 2.05) is 43.4 Å². The second-order valence-corrected chi connectivity index (χ2v) is 6.24. The summed E-state index contributed by atoms with van der Waals surface area (Å²) in [6.45, 7) is 2.10. The van der Waals surface area contributed by atoms with E-state index in [1.54, 1.807) is 0 Å². The number of rotatable bonds is 3. The highest BCUT2D eigenvalue weighted by atomic mass is 79.9. The van der Waals surface area contributed by atoms with Crippen molar-refractivity contribution in [2.45, 2.75) is 13.0 Å². The quantitative estimate of drug-likeness (QED) is 0.667. The smallest absolute Gasteiger partial charge is 0.152 e. The van der Waals surface area contributed by atoms with Gasteiger partial charge in [-0.3, -0.25) is 0 Å². The Labute approximate surface area is 137 Å². The average molecular weight is 365 g/mol. The van der Waals surface area contributed by atoms with Gasteiger partial charge < -0.3 is 9.73 Å². The molecule has 0 saturated heterocycles. The minimum Gasteiger partial charge on any atom is -0.457 e. The Hall–Kier alpha value is -1.29. The third-order valence-electron chi connectivity index (χ3n) is 3.71. The van der Waals surface area contributed by atoms with Gasteiger partial charge in [0.1, 0.15) is 5.76 Å². The van der Waals surface area contributed by atoms with Crippen molar-refractivity contribution < 1.29 is 4.42 Å². The van der Waals surface area contributed by atoms with Crippen LogP contribution in [0.4, 0.5) is 0 Å². The van der Waals surface area contributed by atoms with Crippen LogP contribution in [0.5, 0.6) is 0 Å². The van der Waals surface area contributed by atoms with Gasteiger partial charge in [0.15, 0.2) is 5.58 Å². The van der Waals surface area contributed by atoms with Crippen molar-refractivity contribution in [2.75, 3.05) is 7.05 Å². The van der Waals surface area contributed by atoms with Gasteiger partial charge in [0.25, 0.3) is 0 Å². The lowest BCUT2D eigenvalue weighted by Crippen LogP contribution is -2.18. The van der Waals surface area contributed by atoms with Gasteiger partial charge in [-0.05, 0) is 43.3 Å². The fourth-order valence-electron chi connectivity index (χ4n) is 2.58. The van der Waals surface area contributed by atoms with Gasteiger partial charge in [-0.2, -0.15) is 0 Å². The third kappa shape index (κ3) is 2.61. The molecule has 0 aliphatic carbocycles. The standard InChI is InChI=1S/C17H15BrClNO/c1-10-12(6-4-7-13(10)18)16(20-2)15-9-11-5-3-8-14(19)17(11)21-15/h3-9,16,20H,1-2H3. The Kier molecular flexibility index (Phi) is 4.07. The predicted molar refractivity (Wildman–Crippen MR) is 91.0 cm³/mol. The van der Waals surface area contributed by atoms with Gasteiger partial charge >= 0.3 is 0 Å². The lowest BCUT2D eigenvalue weighted by molar-refractivity contribution is 0.490. The summed E-state index contributed by atoms with van der Waals surface area (Å²) in [6, 6.07) is 14.0. The fraction of sp³-hybridized carbons (Fsp3) is 0.176. The first kappa shape index (κ1) is 14.6. The van der Waals surface area contributed by atoms with E-state index >= 15 is 0 Å². The summed E-state index contributed by atoms with van der Waals surface area (Å²) in [6.07, 6.45) is 0. The maximum Gasteiger partial charge on any atom is 0.152 e. The molecule has 2 nitrogen and oxygen atoms in total. The number of hydrogen-bond donors (Lipinski definition) is 1. The minimum absolute atomic E-state index is 0.00836. The predicted octanol–water partition coefficient (Wildman–Crippen LogP) is 5.47. The maximum atomic E-state index is 6.20. The molecule has 3 rings (SSSR count). The summed E-state index contributed by atoms with van der Waals surface area (Å²) in [5.74, 6) is 0.863. The van der Waals surface area contributed by atoms with E-state index in [4.69, 9.17) is 16.0 Å². The molecule has 1 atom stereocenters. The molecule has 1 unspecified atom stereocenters. The zero-order chi connectivity index (χ0) is 15.0. The molecule has 0 amide bonds. The van der Waals surface area contributed by atoms with E-state index in [1.165, 1.54) is 11.1 Å². The number of nitrogens with one attached hydrogen (secondary N) is 1. The first-order valence-corrected chi connectivity index (χ1v) is 7.89. The van der Waals surface area contributed by atoms with Crippen molar-refractivity contribution in [2.24, 2.45) is 0 Å². The molecule has 0 saturated carbocycles. The zero-order valence-electron chi connectivity index (χ0n) is 11.8. The second kappa shape index (κ2) is 5.84. The molecule has 0 aliphatic heterocycles. The molecule has 0 radical (unpaired) electrons. The molecule has 0 aliphatic rings. The van der Waals surface area contributed by atoms with E-state index in [0.29, 0.717) is 5.02 Å². The van der Waals surface area contributed by atoms with Gasteiger partial charge in [0, 0.05) is 9.86 Å². The van der Waals surface area contributed by atoms with Crippen LogP contribution in [0.2, 0.25) is 5.02 Å². The van der Waals surface area contributed by atoms with Gasteiger partial charge in [-0.15, -0.1) is 0 Å². The minimum atomic E-state index is -0.00836. The SMILES string of the molecule is CNC(c1cc2cccc(Cl)c2o1)c1cccc(Br)c1C. The molecule has 0 bridgehead atoms. The van der Waals surface area contributed by atoms with Crippen LogP contribution in [0.3, 0.4) is 0 Å². The molecule has 3 aromatic rings. The Morgan fingerprint density at radius 2 is 1.95 bits per heavy atom. The number of benzene rings is 2. The second-order valence-electron chi connectivity index (χ2n) is 4.98. The van der Waals surface area contributed by atoms with E-state index in [2.05, 4.69) is 34.2 Å². The maximum absolute atomic E-state index is 6.20. The molecule has 108 valence electrons. The van der Waals surface area contributed by atoms with Gasteiger partial charge in [-0.25, -0.2) is 0 Å². The molecule has 1 heterocycles. The highest BCUT2D eigenvalue weighted by Gasteiger charge is 2.20. The number of para-hydroxylation sites is 1. The normalized spacial score (nSPS) is 12.8. The van der Waals surface area contributed by atoms with E-state index in [-0.39, 0.29) is 6.04 Å². The number of furan rings is 1. The molecule has 1 aromatic heterocycles. The van der Waals surface area contributed by atoms with E-state index in [0.717, 1.165) is 21.2 Å². The molecule has 21 heavy (non-hydrogen) atoms. The van der Waals surface area contributed by atoms with Crippen molar-refractivity contribution in [1.29, 1.82) is 0 Å². The Balaban J connectivity index is 2.14. The van der Waals surface area contributed by atoms with Gasteiger partial charge in [-0.1, -0.05) is 51.8 Å². The summed E-state index contributed by atoms with van der Waals surface area (Å²) >= 11 is 9.78. The number of halogens is 2. The van der Waals surface area contributed by atoms with Crippen LogP contribution in [0, 0.1) is 6.92 Å². The average Bonchev–Trinajstić information content (AvgIpc) is 2.89. The highest BCUT2D eigenvalue weighted by molar-refractivity contribution is 9.10. The van der Waals surface area contributed by atoms with Crippen molar-refractivity contribution in [3.8, 4) is 0 Å². The van der Waals surface area contributed by atoms with Gasteiger partial charge in [0.2, 0.25) is 0 Å². The fourth-order valence-corrected chi connectivity index (χ4v) is 3.18. The lowest BCUT2D eigenvalue weighted by Gasteiger charge is -2.17. The zero-order valence-corrected chi connectivity index (χ0v) is 14.1. The Bertz CT molecular complexity index is 797. The molecular formula is C17H15BrClNO. The Morgan fingerprint density at radius 3 is 2.67 bits per heavy atom. The van der Waals surface area contributed by atoms with Crippen LogP contribution in [0.15, 0.2) is 51.4 Å². The number of hydrogen-bond acceptors (Lipinski definition) is 2. The monoisotopic (exact) mass is 363 g/mol. The highest BCUT2D eigenvalue weighted by Crippen LogP contribution is 2.34.